The van der Waals surface area contributed by atoms with Crippen LogP contribution in [0.5, 0.6) is 0 Å². The molecule has 0 bridgehead atoms. The Kier molecular flexibility index (Phi) is 5.43. The van der Waals surface area contributed by atoms with Crippen molar-refractivity contribution in [3.8, 4) is 0 Å². The van der Waals surface area contributed by atoms with Crippen LogP contribution in [-0.4, -0.2) is 33.7 Å². The Hall–Kier alpha value is -0.470. The summed E-state index contributed by atoms with van der Waals surface area (Å²) in [4.78, 5) is 1.08. The van der Waals surface area contributed by atoms with Crippen molar-refractivity contribution in [3.63, 3.8) is 0 Å². The van der Waals surface area contributed by atoms with E-state index in [1.807, 2.05) is 13.8 Å². The van der Waals surface area contributed by atoms with Crippen LogP contribution in [0, 0.1) is 6.92 Å². The summed E-state index contributed by atoms with van der Waals surface area (Å²) >= 11 is 1.35. The highest BCUT2D eigenvalue weighted by Crippen LogP contribution is 2.28. The van der Waals surface area contributed by atoms with Gasteiger partial charge in [-0.05, 0) is 44.9 Å². The number of thiophene rings is 1. The van der Waals surface area contributed by atoms with Crippen molar-refractivity contribution in [2.24, 2.45) is 0 Å². The summed E-state index contributed by atoms with van der Waals surface area (Å²) in [6.45, 7) is 8.66. The average molecular weight is 332 g/mol. The first-order chi connectivity index (χ1) is 9.86. The largest absolute Gasteiger partial charge is 0.379 e. The van der Waals surface area contributed by atoms with Gasteiger partial charge in [0.25, 0.3) is 10.0 Å². The molecule has 7 heteroatoms. The molecule has 1 aliphatic heterocycles. The Bertz CT molecular complexity index is 575. The molecule has 21 heavy (non-hydrogen) atoms. The molecule has 2 rings (SSSR count). The molecule has 2 N–H and O–H groups in total. The van der Waals surface area contributed by atoms with E-state index in [9.17, 15) is 8.42 Å². The van der Waals surface area contributed by atoms with Gasteiger partial charge in [-0.1, -0.05) is 6.92 Å². The van der Waals surface area contributed by atoms with Gasteiger partial charge in [0, 0.05) is 18.0 Å². The Morgan fingerprint density at radius 2 is 2.24 bits per heavy atom. The first kappa shape index (κ1) is 16.9. The van der Waals surface area contributed by atoms with Crippen molar-refractivity contribution in [3.05, 3.63) is 16.5 Å². The van der Waals surface area contributed by atoms with Crippen LogP contribution in [0.2, 0.25) is 0 Å². The van der Waals surface area contributed by atoms with Crippen LogP contribution >= 0.6 is 11.3 Å². The summed E-state index contributed by atoms with van der Waals surface area (Å²) < 4.78 is 33.5. The van der Waals surface area contributed by atoms with Gasteiger partial charge >= 0.3 is 0 Å². The predicted octanol–water partition coefficient (Wildman–Crippen LogP) is 2.01. The summed E-state index contributed by atoms with van der Waals surface area (Å²) in [7, 11) is -3.47. The van der Waals surface area contributed by atoms with Crippen molar-refractivity contribution in [2.75, 3.05) is 19.8 Å². The maximum Gasteiger partial charge on any atom is 0.250 e. The molecule has 0 amide bonds. The normalized spacial score (nSPS) is 22.8. The van der Waals surface area contributed by atoms with Crippen molar-refractivity contribution < 1.29 is 13.2 Å². The molecule has 5 nitrogen and oxygen atoms in total. The van der Waals surface area contributed by atoms with Crippen molar-refractivity contribution in [1.82, 2.24) is 10.0 Å². The first-order valence-corrected chi connectivity index (χ1v) is 9.58. The van der Waals surface area contributed by atoms with Gasteiger partial charge in [-0.25, -0.2) is 13.1 Å². The number of nitrogens with one attached hydrogen (secondary N) is 2. The van der Waals surface area contributed by atoms with Crippen LogP contribution in [0.4, 0.5) is 0 Å². The minimum absolute atomic E-state index is 0.390. The molecule has 0 radical (unpaired) electrons. The third-order valence-corrected chi connectivity index (χ3v) is 6.92. The van der Waals surface area contributed by atoms with E-state index in [2.05, 4.69) is 17.0 Å². The number of hydrogen-bond acceptors (Lipinski definition) is 5. The van der Waals surface area contributed by atoms with Crippen molar-refractivity contribution in [1.29, 1.82) is 0 Å². The van der Waals surface area contributed by atoms with E-state index in [0.717, 1.165) is 30.0 Å². The van der Waals surface area contributed by atoms with Crippen LogP contribution in [0.15, 0.2) is 10.3 Å². The molecule has 0 aliphatic carbocycles. The second-order valence-electron chi connectivity index (χ2n) is 5.82. The third-order valence-electron chi connectivity index (χ3n) is 3.57. The maximum absolute atomic E-state index is 12.5. The fourth-order valence-electron chi connectivity index (χ4n) is 2.30. The molecular formula is C14H24N2O3S2. The number of hydrogen-bond donors (Lipinski definition) is 2. The zero-order valence-electron chi connectivity index (χ0n) is 12.9. The van der Waals surface area contributed by atoms with Gasteiger partial charge in [-0.2, -0.15) is 0 Å². The van der Waals surface area contributed by atoms with Crippen LogP contribution in [0.25, 0.3) is 0 Å². The molecule has 2 heterocycles. The van der Waals surface area contributed by atoms with Crippen LogP contribution in [-0.2, 0) is 21.3 Å². The molecule has 1 fully saturated rings. The van der Waals surface area contributed by atoms with Gasteiger partial charge in [-0.15, -0.1) is 11.3 Å². The average Bonchev–Trinajstić information content (AvgIpc) is 2.97. The molecule has 1 unspecified atom stereocenters. The monoisotopic (exact) mass is 332 g/mol. The van der Waals surface area contributed by atoms with E-state index in [1.54, 1.807) is 6.07 Å². The highest BCUT2D eigenvalue weighted by atomic mass is 32.2. The summed E-state index contributed by atoms with van der Waals surface area (Å²) in [6, 6.07) is 1.76. The van der Waals surface area contributed by atoms with Gasteiger partial charge in [0.2, 0.25) is 0 Å². The molecule has 1 aromatic heterocycles. The van der Waals surface area contributed by atoms with Crippen LogP contribution in [0.1, 0.15) is 37.1 Å². The van der Waals surface area contributed by atoms with E-state index >= 15 is 0 Å². The van der Waals surface area contributed by atoms with Crippen LogP contribution in [0.3, 0.4) is 0 Å². The molecule has 120 valence electrons. The molecular weight excluding hydrogens is 308 g/mol. The first-order valence-electron chi connectivity index (χ1n) is 7.28. The number of sulfonamides is 1. The van der Waals surface area contributed by atoms with E-state index in [4.69, 9.17) is 4.74 Å². The fraction of sp³-hybridized carbons (Fsp3) is 0.714. The predicted molar refractivity (Wildman–Crippen MR) is 85.2 cm³/mol. The lowest BCUT2D eigenvalue weighted by molar-refractivity contribution is 0.178. The standard InChI is InChI=1S/C14H24N2O3S2/c1-4-6-15-9-12-11(2)8-13(20-12)21(17,18)16-14(3)5-7-19-10-14/h8,15-16H,4-7,9-10H2,1-3H3. The Balaban J connectivity index is 2.11. The number of ether oxygens (including phenoxy) is 1. The highest BCUT2D eigenvalue weighted by Gasteiger charge is 2.35. The van der Waals surface area contributed by atoms with Crippen LogP contribution < -0.4 is 10.0 Å². The lowest BCUT2D eigenvalue weighted by atomic mass is 10.0. The van der Waals surface area contributed by atoms with Gasteiger partial charge in [-0.3, -0.25) is 0 Å². The smallest absolute Gasteiger partial charge is 0.250 e. The Labute approximate surface area is 131 Å². The zero-order chi connectivity index (χ0) is 15.5. The number of aryl methyl sites for hydroxylation is 1. The van der Waals surface area contributed by atoms with E-state index in [-0.39, 0.29) is 0 Å². The minimum Gasteiger partial charge on any atom is -0.379 e. The van der Waals surface area contributed by atoms with Gasteiger partial charge in [0.05, 0.1) is 12.1 Å². The SMILES string of the molecule is CCCNCc1sc(S(=O)(=O)NC2(C)CCOC2)cc1C. The molecule has 0 aromatic carbocycles. The van der Waals surface area contributed by atoms with Gasteiger partial charge in [0.15, 0.2) is 0 Å². The maximum atomic E-state index is 12.5. The Morgan fingerprint density at radius 3 is 2.86 bits per heavy atom. The molecule has 1 aromatic rings. The van der Waals surface area contributed by atoms with E-state index in [1.165, 1.54) is 11.3 Å². The quantitative estimate of drug-likeness (QED) is 0.750. The second kappa shape index (κ2) is 6.75. The van der Waals surface area contributed by atoms with Gasteiger partial charge < -0.3 is 10.1 Å². The Morgan fingerprint density at radius 1 is 1.48 bits per heavy atom. The molecule has 1 aliphatic rings. The van der Waals surface area contributed by atoms with E-state index < -0.39 is 15.6 Å². The second-order valence-corrected chi connectivity index (χ2v) is 8.86. The highest BCUT2D eigenvalue weighted by molar-refractivity contribution is 7.91. The molecule has 1 atom stereocenters. The van der Waals surface area contributed by atoms with Crippen molar-refractivity contribution in [2.45, 2.75) is 49.9 Å². The molecule has 0 saturated carbocycles. The van der Waals surface area contributed by atoms with E-state index in [0.29, 0.717) is 23.8 Å². The summed E-state index contributed by atoms with van der Waals surface area (Å²) in [5.74, 6) is 0. The van der Waals surface area contributed by atoms with Crippen molar-refractivity contribution >= 4 is 21.4 Å². The lowest BCUT2D eigenvalue weighted by Crippen LogP contribution is -2.46. The minimum atomic E-state index is -3.47. The summed E-state index contributed by atoms with van der Waals surface area (Å²) in [6.07, 6.45) is 1.77. The summed E-state index contributed by atoms with van der Waals surface area (Å²) in [5.41, 5.74) is 0.536. The third kappa shape index (κ3) is 4.26. The van der Waals surface area contributed by atoms with Gasteiger partial charge in [0.1, 0.15) is 4.21 Å². The lowest BCUT2D eigenvalue weighted by Gasteiger charge is -2.22. The fourth-order valence-corrected chi connectivity index (χ4v) is 5.28. The molecule has 0 spiro atoms. The number of rotatable bonds is 7. The topological polar surface area (TPSA) is 67.4 Å². The summed E-state index contributed by atoms with van der Waals surface area (Å²) in [5, 5.41) is 3.31. The molecule has 1 saturated heterocycles. The zero-order valence-corrected chi connectivity index (χ0v) is 14.5.